The zero-order valence-corrected chi connectivity index (χ0v) is 12.8. The van der Waals surface area contributed by atoms with Gasteiger partial charge in [0.25, 0.3) is 0 Å². The van der Waals surface area contributed by atoms with Crippen LogP contribution < -0.4 is 5.32 Å². The predicted molar refractivity (Wildman–Crippen MR) is 81.6 cm³/mol. The molecule has 1 aromatic heterocycles. The zero-order valence-electron chi connectivity index (χ0n) is 12.8. The second kappa shape index (κ2) is 6.85. The van der Waals surface area contributed by atoms with Crippen LogP contribution in [0.5, 0.6) is 0 Å². The Morgan fingerprint density at radius 3 is 2.38 bits per heavy atom. The first-order valence-corrected chi connectivity index (χ1v) is 7.50. The van der Waals surface area contributed by atoms with Crippen molar-refractivity contribution in [1.82, 2.24) is 14.9 Å². The maximum Gasteiger partial charge on any atom is 0.356 e. The third-order valence-electron chi connectivity index (χ3n) is 4.45. The Hall–Kier alpha value is -1.69. The number of carbonyl (C=O) groups is 1. The minimum Gasteiger partial charge on any atom is -0.476 e. The molecule has 1 heterocycles. The van der Waals surface area contributed by atoms with Crippen LogP contribution in [0.4, 0.5) is 5.82 Å². The fourth-order valence-corrected chi connectivity index (χ4v) is 2.95. The summed E-state index contributed by atoms with van der Waals surface area (Å²) in [7, 11) is 4.26. The van der Waals surface area contributed by atoms with Crippen LogP contribution in [0.15, 0.2) is 12.4 Å². The van der Waals surface area contributed by atoms with Crippen LogP contribution in [0.3, 0.4) is 0 Å². The highest BCUT2D eigenvalue weighted by atomic mass is 16.4. The fraction of sp³-hybridized carbons (Fsp3) is 0.667. The normalized spacial score (nSPS) is 18.2. The number of hydrogen-bond acceptors (Lipinski definition) is 5. The second-order valence-corrected chi connectivity index (χ2v) is 5.98. The first-order chi connectivity index (χ1) is 10.0. The van der Waals surface area contributed by atoms with Gasteiger partial charge in [0, 0.05) is 12.1 Å². The molecule has 21 heavy (non-hydrogen) atoms. The van der Waals surface area contributed by atoms with E-state index in [-0.39, 0.29) is 11.2 Å². The summed E-state index contributed by atoms with van der Waals surface area (Å²) in [5.74, 6) is -0.423. The highest BCUT2D eigenvalue weighted by Gasteiger charge is 2.32. The lowest BCUT2D eigenvalue weighted by molar-refractivity contribution is 0.0690. The third-order valence-corrected chi connectivity index (χ3v) is 4.45. The van der Waals surface area contributed by atoms with Gasteiger partial charge in [-0.1, -0.05) is 25.7 Å². The lowest BCUT2D eigenvalue weighted by Gasteiger charge is -2.39. The number of carboxylic acids is 1. The maximum absolute atomic E-state index is 10.8. The summed E-state index contributed by atoms with van der Waals surface area (Å²) in [6.07, 6.45) is 10.3. The summed E-state index contributed by atoms with van der Waals surface area (Å²) in [4.78, 5) is 21.1. The van der Waals surface area contributed by atoms with Gasteiger partial charge < -0.3 is 15.3 Å². The lowest BCUT2D eigenvalue weighted by Crippen LogP contribution is -2.49. The van der Waals surface area contributed by atoms with Crippen LogP contribution in [0.25, 0.3) is 0 Å². The van der Waals surface area contributed by atoms with Crippen LogP contribution in [0, 0.1) is 0 Å². The molecular formula is C15H24N4O2. The minimum absolute atomic E-state index is 0.0302. The average molecular weight is 292 g/mol. The van der Waals surface area contributed by atoms with E-state index in [4.69, 9.17) is 5.11 Å². The summed E-state index contributed by atoms with van der Waals surface area (Å²) in [6.45, 7) is 0.807. The van der Waals surface area contributed by atoms with E-state index in [2.05, 4.69) is 34.3 Å². The summed E-state index contributed by atoms with van der Waals surface area (Å²) in [5, 5.41) is 12.1. The number of anilines is 1. The Morgan fingerprint density at radius 1 is 1.24 bits per heavy atom. The van der Waals surface area contributed by atoms with Gasteiger partial charge in [-0.05, 0) is 26.9 Å². The largest absolute Gasteiger partial charge is 0.476 e. The Morgan fingerprint density at radius 2 is 1.90 bits per heavy atom. The molecule has 0 unspecified atom stereocenters. The van der Waals surface area contributed by atoms with E-state index in [1.807, 2.05) is 0 Å². The van der Waals surface area contributed by atoms with E-state index in [0.29, 0.717) is 5.82 Å². The average Bonchev–Trinajstić information content (AvgIpc) is 2.72. The maximum atomic E-state index is 10.8. The molecule has 2 N–H and O–H groups in total. The molecule has 0 aromatic carbocycles. The van der Waals surface area contributed by atoms with Gasteiger partial charge in [-0.2, -0.15) is 0 Å². The van der Waals surface area contributed by atoms with Crippen molar-refractivity contribution in [2.75, 3.05) is 26.0 Å². The van der Waals surface area contributed by atoms with Crippen molar-refractivity contribution in [2.45, 2.75) is 44.1 Å². The molecule has 0 aliphatic heterocycles. The Balaban J connectivity index is 2.02. The molecule has 0 spiro atoms. The topological polar surface area (TPSA) is 78.4 Å². The summed E-state index contributed by atoms with van der Waals surface area (Å²) in [6, 6.07) is 0. The molecule has 116 valence electrons. The van der Waals surface area contributed by atoms with Crippen molar-refractivity contribution in [3.8, 4) is 0 Å². The molecule has 1 aliphatic rings. The quantitative estimate of drug-likeness (QED) is 0.810. The molecule has 1 fully saturated rings. The van der Waals surface area contributed by atoms with Gasteiger partial charge in [0.15, 0.2) is 5.69 Å². The number of aromatic nitrogens is 2. The van der Waals surface area contributed by atoms with Gasteiger partial charge in [0.05, 0.1) is 12.4 Å². The van der Waals surface area contributed by atoms with Gasteiger partial charge in [-0.25, -0.2) is 14.8 Å². The third kappa shape index (κ3) is 3.91. The first-order valence-electron chi connectivity index (χ1n) is 7.50. The Labute approximate surface area is 125 Å². The molecule has 0 bridgehead atoms. The van der Waals surface area contributed by atoms with Gasteiger partial charge in [0.2, 0.25) is 0 Å². The summed E-state index contributed by atoms with van der Waals surface area (Å²) >= 11 is 0. The molecule has 0 saturated heterocycles. The van der Waals surface area contributed by atoms with Crippen molar-refractivity contribution >= 4 is 11.8 Å². The lowest BCUT2D eigenvalue weighted by atomic mass is 9.88. The molecule has 1 aromatic rings. The van der Waals surface area contributed by atoms with E-state index < -0.39 is 5.97 Å². The molecule has 6 heteroatoms. The summed E-state index contributed by atoms with van der Waals surface area (Å²) in [5.41, 5.74) is 0.112. The van der Waals surface area contributed by atoms with E-state index in [1.165, 1.54) is 50.9 Å². The SMILES string of the molecule is CN(C)C1(CNc2cnc(C(=O)O)cn2)CCCCCC1. The molecule has 0 radical (unpaired) electrons. The second-order valence-electron chi connectivity index (χ2n) is 5.98. The molecule has 2 rings (SSSR count). The smallest absolute Gasteiger partial charge is 0.356 e. The number of likely N-dealkylation sites (N-methyl/N-ethyl adjacent to an activating group) is 1. The molecule has 0 amide bonds. The van der Waals surface area contributed by atoms with Gasteiger partial charge >= 0.3 is 5.97 Å². The van der Waals surface area contributed by atoms with Crippen LogP contribution in [-0.2, 0) is 0 Å². The Bertz CT molecular complexity index is 465. The monoisotopic (exact) mass is 292 g/mol. The number of rotatable bonds is 5. The van der Waals surface area contributed by atoms with Crippen LogP contribution in [0.2, 0.25) is 0 Å². The van der Waals surface area contributed by atoms with Gasteiger partial charge in [-0.3, -0.25) is 0 Å². The molecule has 1 aliphatic carbocycles. The van der Waals surface area contributed by atoms with E-state index in [1.54, 1.807) is 0 Å². The van der Waals surface area contributed by atoms with Crippen LogP contribution in [-0.4, -0.2) is 52.1 Å². The number of nitrogens with zero attached hydrogens (tertiary/aromatic N) is 3. The number of carboxylic acid groups (broad SMARTS) is 1. The Kier molecular flexibility index (Phi) is 5.12. The number of aromatic carboxylic acids is 1. The zero-order chi connectivity index (χ0) is 15.3. The molecular weight excluding hydrogens is 268 g/mol. The van der Waals surface area contributed by atoms with Crippen LogP contribution in [0.1, 0.15) is 49.0 Å². The molecule has 0 atom stereocenters. The van der Waals surface area contributed by atoms with E-state index >= 15 is 0 Å². The number of hydrogen-bond donors (Lipinski definition) is 2. The van der Waals surface area contributed by atoms with E-state index in [9.17, 15) is 4.79 Å². The highest BCUT2D eigenvalue weighted by Crippen LogP contribution is 2.31. The minimum atomic E-state index is -1.05. The van der Waals surface area contributed by atoms with Crippen LogP contribution >= 0.6 is 0 Å². The van der Waals surface area contributed by atoms with Gasteiger partial charge in [0.1, 0.15) is 5.82 Å². The number of nitrogens with one attached hydrogen (secondary N) is 1. The predicted octanol–water partition coefficient (Wildman–Crippen LogP) is 2.24. The summed E-state index contributed by atoms with van der Waals surface area (Å²) < 4.78 is 0. The first kappa shape index (κ1) is 15.7. The van der Waals surface area contributed by atoms with Gasteiger partial charge in [-0.15, -0.1) is 0 Å². The van der Waals surface area contributed by atoms with Crippen molar-refractivity contribution in [2.24, 2.45) is 0 Å². The fourth-order valence-electron chi connectivity index (χ4n) is 2.95. The van der Waals surface area contributed by atoms with Crippen molar-refractivity contribution in [3.05, 3.63) is 18.1 Å². The van der Waals surface area contributed by atoms with E-state index in [0.717, 1.165) is 6.54 Å². The molecule has 1 saturated carbocycles. The van der Waals surface area contributed by atoms with Crippen molar-refractivity contribution in [3.63, 3.8) is 0 Å². The standard InChI is InChI=1S/C15H24N4O2/c1-19(2)15(7-5-3-4-6-8-15)11-18-13-10-16-12(9-17-13)14(20)21/h9-10H,3-8,11H2,1-2H3,(H,17,18)(H,20,21). The van der Waals surface area contributed by atoms with Crippen molar-refractivity contribution in [1.29, 1.82) is 0 Å². The van der Waals surface area contributed by atoms with Crippen molar-refractivity contribution < 1.29 is 9.90 Å². The molecule has 6 nitrogen and oxygen atoms in total. The highest BCUT2D eigenvalue weighted by molar-refractivity contribution is 5.84.